The predicted molar refractivity (Wildman–Crippen MR) is 68.8 cm³/mol. The number of ether oxygens (including phenoxy) is 1. The zero-order valence-corrected chi connectivity index (χ0v) is 9.97. The van der Waals surface area contributed by atoms with Crippen molar-refractivity contribution in [3.05, 3.63) is 41.7 Å². The van der Waals surface area contributed by atoms with E-state index >= 15 is 0 Å². The maximum Gasteiger partial charge on any atom is 0.150 e. The summed E-state index contributed by atoms with van der Waals surface area (Å²) >= 11 is 0. The number of carbonyl (C=O) groups excluding carboxylic acids is 1. The minimum Gasteiger partial charge on any atom is -0.498 e. The van der Waals surface area contributed by atoms with Gasteiger partial charge in [-0.2, -0.15) is 0 Å². The van der Waals surface area contributed by atoms with Crippen molar-refractivity contribution in [1.29, 1.82) is 0 Å². The lowest BCUT2D eigenvalue weighted by Crippen LogP contribution is -2.13. The highest BCUT2D eigenvalue weighted by atomic mass is 16.5. The highest BCUT2D eigenvalue weighted by molar-refractivity contribution is 5.75. The minimum absolute atomic E-state index is 0.397. The van der Waals surface area contributed by atoms with E-state index in [-0.39, 0.29) is 0 Å². The first kappa shape index (κ1) is 11.9. The molecule has 2 heteroatoms. The summed E-state index contributed by atoms with van der Waals surface area (Å²) in [6.07, 6.45) is 11.2. The van der Waals surface area contributed by atoms with E-state index in [1.165, 1.54) is 32.1 Å². The quantitative estimate of drug-likeness (QED) is 0.580. The Hall–Kier alpha value is -1.57. The molecular weight excluding hydrogens is 212 g/mol. The van der Waals surface area contributed by atoms with Gasteiger partial charge in [-0.3, -0.25) is 4.79 Å². The Bertz CT molecular complexity index is 372. The minimum atomic E-state index is 0.397. The highest BCUT2D eigenvalue weighted by Crippen LogP contribution is 2.20. The van der Waals surface area contributed by atoms with E-state index in [2.05, 4.69) is 0 Å². The van der Waals surface area contributed by atoms with Gasteiger partial charge in [0.05, 0.1) is 12.4 Å². The second-order valence-electron chi connectivity index (χ2n) is 4.48. The molecule has 0 aliphatic heterocycles. The van der Waals surface area contributed by atoms with E-state index < -0.39 is 0 Å². The lowest BCUT2D eigenvalue weighted by molar-refractivity contribution is 0.108. The normalized spacial score (nSPS) is 17.2. The molecule has 0 unspecified atom stereocenters. The van der Waals surface area contributed by atoms with Crippen LogP contribution < -0.4 is 0 Å². The molecule has 0 amide bonds. The maximum atomic E-state index is 10.5. The highest BCUT2D eigenvalue weighted by Gasteiger charge is 2.12. The van der Waals surface area contributed by atoms with E-state index in [9.17, 15) is 4.79 Å². The van der Waals surface area contributed by atoms with Crippen molar-refractivity contribution < 1.29 is 9.53 Å². The topological polar surface area (TPSA) is 26.3 Å². The third kappa shape index (κ3) is 3.74. The molecule has 17 heavy (non-hydrogen) atoms. The lowest BCUT2D eigenvalue weighted by atomic mass is 9.98. The first-order valence-electron chi connectivity index (χ1n) is 6.26. The van der Waals surface area contributed by atoms with Crippen LogP contribution in [0, 0.1) is 0 Å². The SMILES string of the molecule is O=Cc1ccc(/C=C/OC2CCCCC2)cc1. The van der Waals surface area contributed by atoms with E-state index in [0.717, 1.165) is 11.8 Å². The van der Waals surface area contributed by atoms with Crippen molar-refractivity contribution in [2.24, 2.45) is 0 Å². The van der Waals surface area contributed by atoms with Crippen LogP contribution in [0.4, 0.5) is 0 Å². The molecule has 90 valence electrons. The Kier molecular flexibility index (Phi) is 4.37. The summed E-state index contributed by atoms with van der Waals surface area (Å²) in [5.41, 5.74) is 1.77. The number of benzene rings is 1. The van der Waals surface area contributed by atoms with Gasteiger partial charge < -0.3 is 4.74 Å². The largest absolute Gasteiger partial charge is 0.498 e. The molecule has 0 radical (unpaired) electrons. The van der Waals surface area contributed by atoms with Gasteiger partial charge in [0.25, 0.3) is 0 Å². The molecule has 1 aromatic carbocycles. The smallest absolute Gasteiger partial charge is 0.150 e. The second kappa shape index (κ2) is 6.24. The third-order valence-electron chi connectivity index (χ3n) is 3.16. The van der Waals surface area contributed by atoms with Crippen LogP contribution in [0.15, 0.2) is 30.5 Å². The van der Waals surface area contributed by atoms with Gasteiger partial charge in [-0.15, -0.1) is 0 Å². The number of hydrogen-bond donors (Lipinski definition) is 0. The van der Waals surface area contributed by atoms with E-state index in [1.807, 2.05) is 30.3 Å². The Morgan fingerprint density at radius 2 is 1.65 bits per heavy atom. The first-order valence-corrected chi connectivity index (χ1v) is 6.26. The monoisotopic (exact) mass is 230 g/mol. The summed E-state index contributed by atoms with van der Waals surface area (Å²) in [6, 6.07) is 7.47. The number of carbonyl (C=O) groups is 1. The van der Waals surface area contributed by atoms with Crippen LogP contribution in [-0.4, -0.2) is 12.4 Å². The molecule has 1 aromatic rings. The molecule has 0 N–H and O–H groups in total. The first-order chi connectivity index (χ1) is 8.38. The summed E-state index contributed by atoms with van der Waals surface area (Å²) in [5, 5.41) is 0. The van der Waals surface area contributed by atoms with E-state index in [4.69, 9.17) is 4.74 Å². The molecule has 0 spiro atoms. The van der Waals surface area contributed by atoms with Crippen molar-refractivity contribution >= 4 is 12.4 Å². The molecule has 1 aliphatic carbocycles. The number of rotatable bonds is 4. The molecule has 1 saturated carbocycles. The fourth-order valence-electron chi connectivity index (χ4n) is 2.12. The van der Waals surface area contributed by atoms with Crippen LogP contribution in [0.1, 0.15) is 48.0 Å². The van der Waals surface area contributed by atoms with Crippen LogP contribution >= 0.6 is 0 Å². The van der Waals surface area contributed by atoms with E-state index in [1.54, 1.807) is 6.26 Å². The Labute approximate surface area is 102 Å². The molecular formula is C15H18O2. The summed E-state index contributed by atoms with van der Waals surface area (Å²) in [5.74, 6) is 0. The summed E-state index contributed by atoms with van der Waals surface area (Å²) in [4.78, 5) is 10.5. The molecule has 0 saturated heterocycles. The van der Waals surface area contributed by atoms with Gasteiger partial charge in [0.15, 0.2) is 0 Å². The van der Waals surface area contributed by atoms with Gasteiger partial charge in [-0.1, -0.05) is 30.7 Å². The van der Waals surface area contributed by atoms with Crippen LogP contribution in [0.5, 0.6) is 0 Å². The molecule has 1 fully saturated rings. The summed E-state index contributed by atoms with van der Waals surface area (Å²) in [7, 11) is 0. The maximum absolute atomic E-state index is 10.5. The summed E-state index contributed by atoms with van der Waals surface area (Å²) in [6.45, 7) is 0. The van der Waals surface area contributed by atoms with Crippen molar-refractivity contribution in [2.45, 2.75) is 38.2 Å². The van der Waals surface area contributed by atoms with Gasteiger partial charge in [-0.25, -0.2) is 0 Å². The molecule has 0 aromatic heterocycles. The number of hydrogen-bond acceptors (Lipinski definition) is 2. The molecule has 1 aliphatic rings. The predicted octanol–water partition coefficient (Wildman–Crippen LogP) is 3.82. The fraction of sp³-hybridized carbons (Fsp3) is 0.400. The molecule has 2 rings (SSSR count). The van der Waals surface area contributed by atoms with Crippen LogP contribution in [0.25, 0.3) is 6.08 Å². The number of aldehydes is 1. The molecule has 2 nitrogen and oxygen atoms in total. The van der Waals surface area contributed by atoms with Crippen LogP contribution in [0.2, 0.25) is 0 Å². The second-order valence-corrected chi connectivity index (χ2v) is 4.48. The molecule has 0 heterocycles. The molecule has 0 atom stereocenters. The van der Waals surface area contributed by atoms with Gasteiger partial charge in [0.1, 0.15) is 6.29 Å². The van der Waals surface area contributed by atoms with Crippen molar-refractivity contribution in [3.63, 3.8) is 0 Å². The standard InChI is InChI=1S/C15H18O2/c16-12-14-8-6-13(7-9-14)10-11-17-15-4-2-1-3-5-15/h6-12,15H,1-5H2/b11-10+. The average molecular weight is 230 g/mol. The zero-order chi connectivity index (χ0) is 11.9. The van der Waals surface area contributed by atoms with Crippen molar-refractivity contribution in [1.82, 2.24) is 0 Å². The Morgan fingerprint density at radius 3 is 2.29 bits per heavy atom. The Balaban J connectivity index is 1.84. The van der Waals surface area contributed by atoms with Gasteiger partial charge in [0, 0.05) is 5.56 Å². The van der Waals surface area contributed by atoms with Crippen molar-refractivity contribution in [3.8, 4) is 0 Å². The Morgan fingerprint density at radius 1 is 1.00 bits per heavy atom. The van der Waals surface area contributed by atoms with Crippen molar-refractivity contribution in [2.75, 3.05) is 0 Å². The van der Waals surface area contributed by atoms with Crippen LogP contribution in [0.3, 0.4) is 0 Å². The van der Waals surface area contributed by atoms with Gasteiger partial charge >= 0.3 is 0 Å². The third-order valence-corrected chi connectivity index (χ3v) is 3.16. The van der Waals surface area contributed by atoms with Crippen LogP contribution in [-0.2, 0) is 4.74 Å². The summed E-state index contributed by atoms with van der Waals surface area (Å²) < 4.78 is 5.69. The zero-order valence-electron chi connectivity index (χ0n) is 9.97. The lowest BCUT2D eigenvalue weighted by Gasteiger charge is -2.20. The fourth-order valence-corrected chi connectivity index (χ4v) is 2.12. The van der Waals surface area contributed by atoms with Gasteiger partial charge in [0.2, 0.25) is 0 Å². The average Bonchev–Trinajstić information content (AvgIpc) is 2.41. The van der Waals surface area contributed by atoms with Gasteiger partial charge in [-0.05, 0) is 37.3 Å². The molecule has 0 bridgehead atoms. The van der Waals surface area contributed by atoms with E-state index in [0.29, 0.717) is 11.7 Å².